The first-order valence-corrected chi connectivity index (χ1v) is 9.15. The number of rotatable bonds is 5. The van der Waals surface area contributed by atoms with E-state index in [1.807, 2.05) is 0 Å². The van der Waals surface area contributed by atoms with Gasteiger partial charge in [-0.1, -0.05) is 11.6 Å². The van der Waals surface area contributed by atoms with Crippen molar-refractivity contribution in [3.05, 3.63) is 56.0 Å². The summed E-state index contributed by atoms with van der Waals surface area (Å²) in [5.74, 6) is -2.13. The van der Waals surface area contributed by atoms with Gasteiger partial charge >= 0.3 is 18.1 Å². The zero-order chi connectivity index (χ0) is 22.8. The van der Waals surface area contributed by atoms with Crippen molar-refractivity contribution in [2.24, 2.45) is 0 Å². The number of aromatic nitrogens is 2. The van der Waals surface area contributed by atoms with Crippen molar-refractivity contribution in [1.29, 1.82) is 0 Å². The molecule has 30 heavy (non-hydrogen) atoms. The van der Waals surface area contributed by atoms with Gasteiger partial charge in [-0.15, -0.1) is 0 Å². The van der Waals surface area contributed by atoms with Gasteiger partial charge in [0.05, 0.1) is 34.5 Å². The Bertz CT molecular complexity index is 1050. The van der Waals surface area contributed by atoms with Gasteiger partial charge in [0.25, 0.3) is 5.56 Å². The highest BCUT2D eigenvalue weighted by molar-refractivity contribution is 6.33. The van der Waals surface area contributed by atoms with E-state index in [-0.39, 0.29) is 22.9 Å². The van der Waals surface area contributed by atoms with Crippen molar-refractivity contribution in [1.82, 2.24) is 9.78 Å². The van der Waals surface area contributed by atoms with Crippen LogP contribution in [0.15, 0.2) is 23.0 Å². The first kappa shape index (κ1) is 23.4. The quantitative estimate of drug-likeness (QED) is 0.646. The van der Waals surface area contributed by atoms with Crippen LogP contribution in [0.1, 0.15) is 52.7 Å². The molecule has 0 unspecified atom stereocenters. The van der Waals surface area contributed by atoms with Gasteiger partial charge < -0.3 is 9.47 Å². The van der Waals surface area contributed by atoms with E-state index in [1.54, 1.807) is 13.8 Å². The third-order valence-corrected chi connectivity index (χ3v) is 4.16. The molecule has 0 N–H and O–H groups in total. The zero-order valence-electron chi connectivity index (χ0n) is 16.5. The fourth-order valence-electron chi connectivity index (χ4n) is 2.58. The van der Waals surface area contributed by atoms with Gasteiger partial charge in [-0.25, -0.2) is 9.59 Å². The van der Waals surface area contributed by atoms with E-state index >= 15 is 0 Å². The highest BCUT2D eigenvalue weighted by Gasteiger charge is 2.40. The molecule has 1 aromatic heterocycles. The molecule has 0 fully saturated rings. The van der Waals surface area contributed by atoms with Crippen LogP contribution in [0.4, 0.5) is 13.2 Å². The molecule has 0 atom stereocenters. The van der Waals surface area contributed by atoms with Crippen LogP contribution in [-0.4, -0.2) is 34.4 Å². The number of carbonyl (C=O) groups excluding carboxylic acids is 2. The van der Waals surface area contributed by atoms with Gasteiger partial charge in [0, 0.05) is 5.56 Å². The number of hydrogen-bond donors (Lipinski definition) is 0. The molecule has 1 aromatic carbocycles. The molecule has 1 heterocycles. The fourth-order valence-corrected chi connectivity index (χ4v) is 2.78. The average Bonchev–Trinajstić information content (AvgIpc) is 2.62. The summed E-state index contributed by atoms with van der Waals surface area (Å²) in [6.07, 6.45) is -5.47. The maximum atomic E-state index is 13.5. The predicted molar refractivity (Wildman–Crippen MR) is 101 cm³/mol. The van der Waals surface area contributed by atoms with E-state index in [2.05, 4.69) is 9.84 Å². The van der Waals surface area contributed by atoms with E-state index < -0.39 is 46.6 Å². The summed E-state index contributed by atoms with van der Waals surface area (Å²) in [5, 5.41) is 3.60. The Morgan fingerprint density at radius 3 is 2.40 bits per heavy atom. The van der Waals surface area contributed by atoms with Gasteiger partial charge in [-0.2, -0.15) is 23.0 Å². The normalized spacial score (nSPS) is 11.5. The van der Waals surface area contributed by atoms with Gasteiger partial charge in [-0.05, 0) is 45.9 Å². The second-order valence-electron chi connectivity index (χ2n) is 6.40. The highest BCUT2D eigenvalue weighted by Crippen LogP contribution is 2.33. The molecular weight excluding hydrogens is 429 g/mol. The fraction of sp³-hybridized carbons (Fsp3) is 0.368. The number of carbonyl (C=O) groups is 2. The van der Waals surface area contributed by atoms with Crippen molar-refractivity contribution < 1.29 is 32.2 Å². The molecule has 162 valence electrons. The molecule has 0 amide bonds. The maximum absolute atomic E-state index is 13.5. The van der Waals surface area contributed by atoms with Crippen LogP contribution in [0.25, 0.3) is 5.69 Å². The minimum absolute atomic E-state index is 0.00620. The van der Waals surface area contributed by atoms with Gasteiger partial charge in [0.1, 0.15) is 0 Å². The second kappa shape index (κ2) is 8.86. The number of hydrogen-bond acceptors (Lipinski definition) is 6. The molecule has 0 aliphatic carbocycles. The van der Waals surface area contributed by atoms with E-state index in [1.165, 1.54) is 19.1 Å². The lowest BCUT2D eigenvalue weighted by Crippen LogP contribution is -2.32. The van der Waals surface area contributed by atoms with E-state index in [0.717, 1.165) is 13.0 Å². The Morgan fingerprint density at radius 2 is 1.87 bits per heavy atom. The number of alkyl halides is 3. The van der Waals surface area contributed by atoms with Crippen LogP contribution in [0.2, 0.25) is 5.02 Å². The summed E-state index contributed by atoms with van der Waals surface area (Å²) < 4.78 is 50.8. The molecule has 0 saturated carbocycles. The lowest BCUT2D eigenvalue weighted by atomic mass is 10.1. The minimum atomic E-state index is -5.01. The molecular formula is C19H18ClF3N2O5. The highest BCUT2D eigenvalue weighted by atomic mass is 35.5. The van der Waals surface area contributed by atoms with Crippen LogP contribution < -0.4 is 5.56 Å². The second-order valence-corrected chi connectivity index (χ2v) is 6.81. The summed E-state index contributed by atoms with van der Waals surface area (Å²) >= 11 is 6.01. The molecule has 7 nitrogen and oxygen atoms in total. The number of nitrogens with zero attached hydrogens (tertiary/aromatic N) is 2. The van der Waals surface area contributed by atoms with Crippen molar-refractivity contribution in [3.8, 4) is 5.69 Å². The van der Waals surface area contributed by atoms with Crippen LogP contribution in [0, 0.1) is 6.92 Å². The molecule has 0 radical (unpaired) electrons. The topological polar surface area (TPSA) is 87.5 Å². The molecule has 2 aromatic rings. The molecule has 11 heteroatoms. The van der Waals surface area contributed by atoms with Gasteiger partial charge in [-0.3, -0.25) is 4.79 Å². The monoisotopic (exact) mass is 446 g/mol. The Hall–Kier alpha value is -2.88. The van der Waals surface area contributed by atoms with Crippen molar-refractivity contribution in [3.63, 3.8) is 0 Å². The summed E-state index contributed by atoms with van der Waals surface area (Å²) in [4.78, 5) is 36.9. The number of ether oxygens (including phenoxy) is 2. The number of esters is 2. The lowest BCUT2D eigenvalue weighted by molar-refractivity contribution is -0.139. The van der Waals surface area contributed by atoms with Crippen LogP contribution in [-0.2, 0) is 15.7 Å². The largest absolute Gasteiger partial charge is 0.461 e. The summed E-state index contributed by atoms with van der Waals surface area (Å²) in [6, 6.07) is 3.67. The molecule has 0 saturated heterocycles. The zero-order valence-corrected chi connectivity index (χ0v) is 17.2. The Morgan fingerprint density at radius 1 is 1.23 bits per heavy atom. The molecule has 0 spiro atoms. The van der Waals surface area contributed by atoms with E-state index in [0.29, 0.717) is 4.68 Å². The standard InChI is InChI=1S/C19H18ClF3N2O5/c1-5-29-18(28)15-14(19(21,22)23)10(4)16(26)25(24-15)11-6-7-13(20)12(8-11)17(27)30-9(2)3/h6-9H,5H2,1-4H3. The van der Waals surface area contributed by atoms with Crippen molar-refractivity contribution in [2.45, 2.75) is 40.0 Å². The smallest absolute Gasteiger partial charge is 0.419 e. The molecule has 0 aliphatic rings. The average molecular weight is 447 g/mol. The van der Waals surface area contributed by atoms with Crippen LogP contribution in [0.5, 0.6) is 0 Å². The predicted octanol–water partition coefficient (Wildman–Crippen LogP) is 3.96. The van der Waals surface area contributed by atoms with Crippen molar-refractivity contribution >= 4 is 23.5 Å². The van der Waals surface area contributed by atoms with Crippen LogP contribution >= 0.6 is 11.6 Å². The number of benzene rings is 1. The third-order valence-electron chi connectivity index (χ3n) is 3.83. The molecule has 2 rings (SSSR count). The van der Waals surface area contributed by atoms with E-state index in [4.69, 9.17) is 16.3 Å². The molecule has 0 aliphatic heterocycles. The Labute approximate surface area is 174 Å². The van der Waals surface area contributed by atoms with Crippen molar-refractivity contribution in [2.75, 3.05) is 6.61 Å². The first-order chi connectivity index (χ1) is 13.9. The van der Waals surface area contributed by atoms with Gasteiger partial charge in [0.15, 0.2) is 5.69 Å². The first-order valence-electron chi connectivity index (χ1n) is 8.77. The molecule has 0 bridgehead atoms. The number of halogens is 4. The summed E-state index contributed by atoms with van der Waals surface area (Å²) in [7, 11) is 0. The summed E-state index contributed by atoms with van der Waals surface area (Å²) in [5.41, 5.74) is -4.62. The summed E-state index contributed by atoms with van der Waals surface area (Å²) in [6.45, 7) is 5.39. The third kappa shape index (κ3) is 4.81. The van der Waals surface area contributed by atoms with Gasteiger partial charge in [0.2, 0.25) is 0 Å². The van der Waals surface area contributed by atoms with E-state index in [9.17, 15) is 27.6 Å². The Kier molecular flexibility index (Phi) is 6.91. The lowest BCUT2D eigenvalue weighted by Gasteiger charge is -2.16. The minimum Gasteiger partial charge on any atom is -0.461 e. The maximum Gasteiger partial charge on any atom is 0.419 e. The Balaban J connectivity index is 2.76. The van der Waals surface area contributed by atoms with Crippen LogP contribution in [0.3, 0.4) is 0 Å². The SMILES string of the molecule is CCOC(=O)c1nn(-c2ccc(Cl)c(C(=O)OC(C)C)c2)c(=O)c(C)c1C(F)(F)F.